The van der Waals surface area contributed by atoms with Crippen molar-refractivity contribution in [2.24, 2.45) is 5.92 Å². The topological polar surface area (TPSA) is 57.6 Å². The van der Waals surface area contributed by atoms with Crippen LogP contribution in [0.3, 0.4) is 0 Å². The number of likely N-dealkylation sites (tertiary alicyclic amines) is 1. The van der Waals surface area contributed by atoms with Crippen LogP contribution in [0.2, 0.25) is 0 Å². The van der Waals surface area contributed by atoms with Gasteiger partial charge in [-0.1, -0.05) is 39.0 Å². The highest BCUT2D eigenvalue weighted by molar-refractivity contribution is 6.07. The first kappa shape index (κ1) is 17.3. The minimum absolute atomic E-state index is 0.145. The van der Waals surface area contributed by atoms with Crippen LogP contribution < -0.4 is 0 Å². The van der Waals surface area contributed by atoms with Gasteiger partial charge in [0.15, 0.2) is 11.5 Å². The van der Waals surface area contributed by atoms with E-state index in [1.54, 1.807) is 4.90 Å². The average Bonchev–Trinajstić information content (AvgIpc) is 2.52. The molecule has 1 saturated heterocycles. The molecule has 0 aromatic heterocycles. The van der Waals surface area contributed by atoms with E-state index in [0.29, 0.717) is 6.54 Å². The van der Waals surface area contributed by atoms with Gasteiger partial charge in [0.1, 0.15) is 5.78 Å². The fourth-order valence-corrected chi connectivity index (χ4v) is 3.24. The van der Waals surface area contributed by atoms with Crippen LogP contribution in [0.5, 0.6) is 0 Å². The summed E-state index contributed by atoms with van der Waals surface area (Å²) in [5.41, 5.74) is -1.49. The number of aliphatic hydroxyl groups is 1. The summed E-state index contributed by atoms with van der Waals surface area (Å²) >= 11 is 0. The highest BCUT2D eigenvalue weighted by atomic mass is 16.3. The molecule has 0 aromatic carbocycles. The molecule has 3 atom stereocenters. The van der Waals surface area contributed by atoms with Crippen LogP contribution in [0.25, 0.3) is 0 Å². The number of unbranched alkanes of at least 4 members (excludes halogenated alkanes) is 5. The predicted molar refractivity (Wildman–Crippen MR) is 79.3 cm³/mol. The monoisotopic (exact) mass is 283 g/mol. The summed E-state index contributed by atoms with van der Waals surface area (Å²) in [5, 5.41) is 10.4. The minimum atomic E-state index is -1.49. The third kappa shape index (κ3) is 3.67. The van der Waals surface area contributed by atoms with Crippen LogP contribution in [0.4, 0.5) is 0 Å². The Hall–Kier alpha value is -0.740. The Morgan fingerprint density at radius 1 is 1.25 bits per heavy atom. The van der Waals surface area contributed by atoms with E-state index in [1.807, 2.05) is 6.92 Å². The molecule has 0 amide bonds. The van der Waals surface area contributed by atoms with Gasteiger partial charge in [0.25, 0.3) is 0 Å². The highest BCUT2D eigenvalue weighted by Crippen LogP contribution is 2.33. The molecule has 1 heterocycles. The number of nitrogens with zero attached hydrogens (tertiary/aromatic N) is 1. The molecule has 4 nitrogen and oxygen atoms in total. The zero-order valence-corrected chi connectivity index (χ0v) is 13.3. The van der Waals surface area contributed by atoms with Gasteiger partial charge in [0, 0.05) is 12.6 Å². The van der Waals surface area contributed by atoms with Gasteiger partial charge in [0.2, 0.25) is 0 Å². The van der Waals surface area contributed by atoms with E-state index in [2.05, 4.69) is 6.92 Å². The maximum atomic E-state index is 12.2. The molecule has 116 valence electrons. The summed E-state index contributed by atoms with van der Waals surface area (Å²) in [4.78, 5) is 25.5. The van der Waals surface area contributed by atoms with E-state index in [-0.39, 0.29) is 17.6 Å². The standard InChI is InChI=1S/C16H29NO3/c1-5-6-7-8-9-10-11-17-12(2)14(13(3)18)15(19)16(17,4)20/h12,14,20H,5-11H2,1-4H3. The molecule has 0 spiro atoms. The molecule has 0 saturated carbocycles. The van der Waals surface area contributed by atoms with Crippen molar-refractivity contribution in [3.63, 3.8) is 0 Å². The lowest BCUT2D eigenvalue weighted by molar-refractivity contribution is -0.148. The lowest BCUT2D eigenvalue weighted by atomic mass is 9.94. The zero-order chi connectivity index (χ0) is 15.3. The quantitative estimate of drug-likeness (QED) is 0.549. The smallest absolute Gasteiger partial charge is 0.191 e. The Morgan fingerprint density at radius 2 is 1.80 bits per heavy atom. The number of carbonyl (C=O) groups excluding carboxylic acids is 2. The molecule has 1 aliphatic rings. The van der Waals surface area contributed by atoms with Crippen molar-refractivity contribution in [3.8, 4) is 0 Å². The summed E-state index contributed by atoms with van der Waals surface area (Å²) in [6.07, 6.45) is 7.01. The van der Waals surface area contributed by atoms with Gasteiger partial charge < -0.3 is 5.11 Å². The second-order valence-electron chi connectivity index (χ2n) is 6.18. The van der Waals surface area contributed by atoms with Crippen LogP contribution in [0, 0.1) is 5.92 Å². The van der Waals surface area contributed by atoms with Crippen molar-refractivity contribution >= 4 is 11.6 Å². The summed E-state index contributed by atoms with van der Waals surface area (Å²) < 4.78 is 0. The van der Waals surface area contributed by atoms with Gasteiger partial charge in [-0.25, -0.2) is 0 Å². The van der Waals surface area contributed by atoms with Crippen LogP contribution in [0.15, 0.2) is 0 Å². The van der Waals surface area contributed by atoms with Crippen molar-refractivity contribution in [1.29, 1.82) is 0 Å². The molecule has 0 radical (unpaired) electrons. The highest BCUT2D eigenvalue weighted by Gasteiger charge is 2.54. The lowest BCUT2D eigenvalue weighted by Gasteiger charge is -2.31. The second-order valence-corrected chi connectivity index (χ2v) is 6.18. The largest absolute Gasteiger partial charge is 0.369 e. The second kappa shape index (κ2) is 7.32. The molecule has 0 aliphatic carbocycles. The molecule has 20 heavy (non-hydrogen) atoms. The van der Waals surface area contributed by atoms with Gasteiger partial charge >= 0.3 is 0 Å². The molecule has 0 aromatic rings. The first-order valence-electron chi connectivity index (χ1n) is 7.88. The van der Waals surface area contributed by atoms with Crippen molar-refractivity contribution in [2.75, 3.05) is 6.54 Å². The normalized spacial score (nSPS) is 30.9. The Kier molecular flexibility index (Phi) is 6.34. The van der Waals surface area contributed by atoms with E-state index in [1.165, 1.54) is 39.5 Å². The molecule has 3 unspecified atom stereocenters. The third-order valence-corrected chi connectivity index (χ3v) is 4.47. The first-order chi connectivity index (χ1) is 9.34. The van der Waals surface area contributed by atoms with Crippen molar-refractivity contribution in [2.45, 2.75) is 78.0 Å². The fourth-order valence-electron chi connectivity index (χ4n) is 3.24. The number of hydrogen-bond acceptors (Lipinski definition) is 4. The maximum absolute atomic E-state index is 12.2. The molecule has 4 heteroatoms. The average molecular weight is 283 g/mol. The van der Waals surface area contributed by atoms with E-state index < -0.39 is 11.6 Å². The lowest BCUT2D eigenvalue weighted by Crippen LogP contribution is -2.48. The van der Waals surface area contributed by atoms with Crippen LogP contribution in [0.1, 0.15) is 66.2 Å². The Bertz CT molecular complexity index is 352. The van der Waals surface area contributed by atoms with E-state index in [4.69, 9.17) is 0 Å². The van der Waals surface area contributed by atoms with E-state index in [0.717, 1.165) is 12.8 Å². The Morgan fingerprint density at radius 3 is 2.30 bits per heavy atom. The molecule has 1 aliphatic heterocycles. The number of rotatable bonds is 8. The molecule has 1 fully saturated rings. The summed E-state index contributed by atoms with van der Waals surface area (Å²) in [6, 6.07) is -0.203. The number of ketones is 2. The SMILES string of the molecule is CCCCCCCCN1C(C)C(C(C)=O)C(=O)C1(C)O. The first-order valence-corrected chi connectivity index (χ1v) is 7.88. The minimum Gasteiger partial charge on any atom is -0.369 e. The zero-order valence-electron chi connectivity index (χ0n) is 13.3. The van der Waals surface area contributed by atoms with Crippen molar-refractivity contribution < 1.29 is 14.7 Å². The maximum Gasteiger partial charge on any atom is 0.191 e. The Labute approximate surface area is 122 Å². The molecular formula is C16H29NO3. The summed E-state index contributed by atoms with van der Waals surface area (Å²) in [7, 11) is 0. The Balaban J connectivity index is 2.52. The van der Waals surface area contributed by atoms with Gasteiger partial charge in [-0.3, -0.25) is 14.5 Å². The van der Waals surface area contributed by atoms with Crippen molar-refractivity contribution in [3.05, 3.63) is 0 Å². The molecule has 1 N–H and O–H groups in total. The van der Waals surface area contributed by atoms with Crippen LogP contribution >= 0.6 is 0 Å². The van der Waals surface area contributed by atoms with E-state index in [9.17, 15) is 14.7 Å². The van der Waals surface area contributed by atoms with Crippen LogP contribution in [-0.2, 0) is 9.59 Å². The van der Waals surface area contributed by atoms with E-state index >= 15 is 0 Å². The molecule has 1 rings (SSSR count). The molecular weight excluding hydrogens is 254 g/mol. The third-order valence-electron chi connectivity index (χ3n) is 4.47. The number of Topliss-reactive ketones (excluding diaryl/α,β-unsaturated/α-hetero) is 2. The van der Waals surface area contributed by atoms with Crippen molar-refractivity contribution in [1.82, 2.24) is 4.90 Å². The molecule has 0 bridgehead atoms. The predicted octanol–water partition coefficient (Wildman–Crippen LogP) is 2.53. The number of hydrogen-bond donors (Lipinski definition) is 1. The summed E-state index contributed by atoms with van der Waals surface area (Å²) in [5.74, 6) is -1.17. The fraction of sp³-hybridized carbons (Fsp3) is 0.875. The van der Waals surface area contributed by atoms with Gasteiger partial charge in [-0.2, -0.15) is 0 Å². The van der Waals surface area contributed by atoms with Gasteiger partial charge in [0.05, 0.1) is 5.92 Å². The van der Waals surface area contributed by atoms with Crippen LogP contribution in [-0.4, -0.2) is 39.9 Å². The summed E-state index contributed by atoms with van der Waals surface area (Å²) in [6.45, 7) is 7.68. The van der Waals surface area contributed by atoms with Gasteiger partial charge in [-0.05, 0) is 27.2 Å². The number of carbonyl (C=O) groups is 2. The van der Waals surface area contributed by atoms with Gasteiger partial charge in [-0.15, -0.1) is 0 Å².